The van der Waals surface area contributed by atoms with E-state index in [1.165, 1.54) is 24.3 Å². The van der Waals surface area contributed by atoms with Gasteiger partial charge >= 0.3 is 18.4 Å². The quantitative estimate of drug-likeness (QED) is 0.459. The molecular formula is C19H11F6N3O2S. The minimum absolute atomic E-state index is 0.0435. The molecule has 12 heteroatoms. The highest BCUT2D eigenvalue weighted by Crippen LogP contribution is 2.35. The van der Waals surface area contributed by atoms with Crippen LogP contribution in [0.1, 0.15) is 16.7 Å². The van der Waals surface area contributed by atoms with Gasteiger partial charge in [-0.25, -0.2) is 4.79 Å². The highest BCUT2D eigenvalue weighted by atomic mass is 32.2. The van der Waals surface area contributed by atoms with Crippen molar-refractivity contribution in [3.63, 3.8) is 0 Å². The summed E-state index contributed by atoms with van der Waals surface area (Å²) < 4.78 is 76.8. The number of urea groups is 1. The lowest BCUT2D eigenvalue weighted by Gasteiger charge is -2.12. The molecule has 1 heterocycles. The zero-order chi connectivity index (χ0) is 22.8. The first-order valence-corrected chi connectivity index (χ1v) is 9.19. The van der Waals surface area contributed by atoms with E-state index in [0.29, 0.717) is 5.56 Å². The Morgan fingerprint density at radius 2 is 1.61 bits per heavy atom. The number of para-hydroxylation sites is 1. The normalized spacial score (nSPS) is 17.2. The van der Waals surface area contributed by atoms with E-state index in [9.17, 15) is 35.9 Å². The minimum Gasteiger partial charge on any atom is -0.305 e. The van der Waals surface area contributed by atoms with E-state index in [1.54, 1.807) is 0 Å². The van der Waals surface area contributed by atoms with Crippen LogP contribution in [0.3, 0.4) is 0 Å². The molecule has 3 rings (SSSR count). The monoisotopic (exact) mass is 459 g/mol. The first kappa shape index (κ1) is 22.4. The second-order valence-corrected chi connectivity index (χ2v) is 7.11. The van der Waals surface area contributed by atoms with Crippen molar-refractivity contribution in [1.29, 1.82) is 0 Å². The van der Waals surface area contributed by atoms with E-state index in [2.05, 4.69) is 10.3 Å². The van der Waals surface area contributed by atoms with Crippen molar-refractivity contribution in [2.75, 3.05) is 5.32 Å². The predicted molar refractivity (Wildman–Crippen MR) is 103 cm³/mol. The summed E-state index contributed by atoms with van der Waals surface area (Å²) in [6.45, 7) is 0. The van der Waals surface area contributed by atoms with Gasteiger partial charge in [-0.3, -0.25) is 4.79 Å². The van der Waals surface area contributed by atoms with Crippen molar-refractivity contribution in [3.05, 3.63) is 70.1 Å². The molecule has 2 N–H and O–H groups in total. The molecule has 0 bridgehead atoms. The number of nitrogens with one attached hydrogen (secondary N) is 2. The van der Waals surface area contributed by atoms with Gasteiger partial charge in [-0.15, -0.1) is 0 Å². The summed E-state index contributed by atoms with van der Waals surface area (Å²) in [6, 6.07) is 7.20. The summed E-state index contributed by atoms with van der Waals surface area (Å²) in [4.78, 5) is 27.6. The van der Waals surface area contributed by atoms with Crippen LogP contribution in [-0.4, -0.2) is 17.1 Å². The summed E-state index contributed by atoms with van der Waals surface area (Å²) in [5.74, 6) is -0.660. The summed E-state index contributed by atoms with van der Waals surface area (Å²) in [6.07, 6.45) is -7.90. The zero-order valence-corrected chi connectivity index (χ0v) is 16.0. The van der Waals surface area contributed by atoms with Crippen LogP contribution in [0.15, 0.2) is 58.4 Å². The van der Waals surface area contributed by atoms with E-state index in [-0.39, 0.29) is 10.1 Å². The van der Waals surface area contributed by atoms with Crippen molar-refractivity contribution < 1.29 is 35.9 Å². The van der Waals surface area contributed by atoms with Crippen LogP contribution in [0.2, 0.25) is 0 Å². The first-order chi connectivity index (χ1) is 14.4. The van der Waals surface area contributed by atoms with Gasteiger partial charge in [0, 0.05) is 0 Å². The molecule has 0 atom stereocenters. The molecule has 2 aromatic carbocycles. The number of halogens is 6. The van der Waals surface area contributed by atoms with Crippen molar-refractivity contribution in [1.82, 2.24) is 5.32 Å². The van der Waals surface area contributed by atoms with Gasteiger partial charge < -0.3 is 10.6 Å². The van der Waals surface area contributed by atoms with Gasteiger partial charge in [-0.2, -0.15) is 31.3 Å². The molecule has 3 amide bonds. The number of carbonyl (C=O) groups excluding carboxylic acids is 2. The number of nitrogens with zero attached hydrogens (tertiary/aromatic N) is 1. The maximum absolute atomic E-state index is 13.0. The van der Waals surface area contributed by atoms with Crippen LogP contribution in [0.4, 0.5) is 36.8 Å². The van der Waals surface area contributed by atoms with E-state index in [1.807, 2.05) is 5.32 Å². The van der Waals surface area contributed by atoms with E-state index in [0.717, 1.165) is 42.1 Å². The van der Waals surface area contributed by atoms with Gasteiger partial charge in [0.15, 0.2) is 5.17 Å². The number of amidine groups is 1. The van der Waals surface area contributed by atoms with Crippen LogP contribution in [0.5, 0.6) is 0 Å². The number of amides is 3. The Morgan fingerprint density at radius 1 is 0.968 bits per heavy atom. The summed E-state index contributed by atoms with van der Waals surface area (Å²) in [5.41, 5.74) is -2.11. The number of hydrogen-bond donors (Lipinski definition) is 2. The van der Waals surface area contributed by atoms with Crippen LogP contribution in [0.25, 0.3) is 6.08 Å². The summed E-state index contributed by atoms with van der Waals surface area (Å²) in [7, 11) is 0. The van der Waals surface area contributed by atoms with Crippen molar-refractivity contribution >= 4 is 40.6 Å². The highest BCUT2D eigenvalue weighted by molar-refractivity contribution is 8.18. The van der Waals surface area contributed by atoms with Crippen LogP contribution in [-0.2, 0) is 17.1 Å². The van der Waals surface area contributed by atoms with Gasteiger partial charge in [0.1, 0.15) is 0 Å². The van der Waals surface area contributed by atoms with E-state index >= 15 is 0 Å². The number of rotatable bonds is 2. The molecule has 2 aromatic rings. The topological polar surface area (TPSA) is 70.6 Å². The van der Waals surface area contributed by atoms with Crippen LogP contribution < -0.4 is 10.6 Å². The number of anilines is 1. The molecule has 1 fully saturated rings. The molecule has 0 unspecified atom stereocenters. The lowest BCUT2D eigenvalue weighted by atomic mass is 10.1. The highest BCUT2D eigenvalue weighted by Gasteiger charge is 2.34. The molecule has 5 nitrogen and oxygen atoms in total. The summed E-state index contributed by atoms with van der Waals surface area (Å²) in [5, 5.41) is 4.08. The lowest BCUT2D eigenvalue weighted by Crippen LogP contribution is -2.22. The SMILES string of the molecule is O=C(N=C1NC(=O)/C(=C/c2ccc(C(F)(F)F)cc2)S1)Nc1ccccc1C(F)(F)F. The fraction of sp³-hybridized carbons (Fsp3) is 0.105. The van der Waals surface area contributed by atoms with Gasteiger partial charge in [0.25, 0.3) is 5.91 Å². The number of benzene rings is 2. The second kappa shape index (κ2) is 8.46. The van der Waals surface area contributed by atoms with Gasteiger partial charge in [0.2, 0.25) is 0 Å². The van der Waals surface area contributed by atoms with Gasteiger partial charge in [0.05, 0.1) is 21.7 Å². The molecule has 0 aromatic heterocycles. The molecule has 1 aliphatic rings. The lowest BCUT2D eigenvalue weighted by molar-refractivity contribution is -0.138. The van der Waals surface area contributed by atoms with Crippen molar-refractivity contribution in [2.24, 2.45) is 4.99 Å². The van der Waals surface area contributed by atoms with Crippen LogP contribution in [0, 0.1) is 0 Å². The molecule has 162 valence electrons. The smallest absolute Gasteiger partial charge is 0.305 e. The third-order valence-electron chi connectivity index (χ3n) is 3.86. The average Bonchev–Trinajstić information content (AvgIpc) is 2.99. The number of thioether (sulfide) groups is 1. The Labute approximate surface area is 175 Å². The van der Waals surface area contributed by atoms with E-state index < -0.39 is 41.1 Å². The van der Waals surface area contributed by atoms with Gasteiger partial charge in [-0.1, -0.05) is 24.3 Å². The molecule has 0 radical (unpaired) electrons. The molecule has 31 heavy (non-hydrogen) atoms. The van der Waals surface area contributed by atoms with Crippen LogP contribution >= 0.6 is 11.8 Å². The van der Waals surface area contributed by atoms with Crippen molar-refractivity contribution in [3.8, 4) is 0 Å². The minimum atomic E-state index is -4.69. The Bertz CT molecular complexity index is 1080. The fourth-order valence-corrected chi connectivity index (χ4v) is 3.29. The summed E-state index contributed by atoms with van der Waals surface area (Å²) >= 11 is 0.717. The third kappa shape index (κ3) is 5.66. The maximum Gasteiger partial charge on any atom is 0.418 e. The zero-order valence-electron chi connectivity index (χ0n) is 15.1. The standard InChI is InChI=1S/C19H11F6N3O2S/c20-18(21,22)11-7-5-10(6-8-11)9-14-15(29)27-17(31-14)28-16(30)26-13-4-2-1-3-12(13)19(23,24)25/h1-9H,(H2,26,27,28,29,30)/b14-9-. The Hall–Kier alpha value is -3.28. The fourth-order valence-electron chi connectivity index (χ4n) is 2.47. The third-order valence-corrected chi connectivity index (χ3v) is 4.77. The molecular weight excluding hydrogens is 448 g/mol. The predicted octanol–water partition coefficient (Wildman–Crippen LogP) is 5.52. The Balaban J connectivity index is 1.73. The maximum atomic E-state index is 13.0. The average molecular weight is 459 g/mol. The largest absolute Gasteiger partial charge is 0.418 e. The van der Waals surface area contributed by atoms with Crippen molar-refractivity contribution in [2.45, 2.75) is 12.4 Å². The first-order valence-electron chi connectivity index (χ1n) is 8.37. The molecule has 0 aliphatic carbocycles. The number of alkyl halides is 6. The molecule has 1 saturated heterocycles. The number of aliphatic imine (C=N–C) groups is 1. The number of carbonyl (C=O) groups is 2. The van der Waals surface area contributed by atoms with E-state index in [4.69, 9.17) is 0 Å². The molecule has 0 saturated carbocycles. The Kier molecular flexibility index (Phi) is 6.11. The second-order valence-electron chi connectivity index (χ2n) is 6.07. The molecule has 0 spiro atoms. The number of hydrogen-bond acceptors (Lipinski definition) is 3. The van der Waals surface area contributed by atoms with Gasteiger partial charge in [-0.05, 0) is 47.7 Å². The molecule has 1 aliphatic heterocycles. The Morgan fingerprint density at radius 3 is 2.23 bits per heavy atom.